The van der Waals surface area contributed by atoms with Crippen molar-refractivity contribution in [3.05, 3.63) is 54.1 Å². The molecule has 0 spiro atoms. The van der Waals surface area contributed by atoms with E-state index in [0.717, 1.165) is 12.1 Å². The van der Waals surface area contributed by atoms with Gasteiger partial charge in [0.1, 0.15) is 18.5 Å². The summed E-state index contributed by atoms with van der Waals surface area (Å²) in [5.41, 5.74) is 0.987. The number of ether oxygens (including phenoxy) is 1. The minimum atomic E-state index is -2.07. The molecule has 2 rings (SSSR count). The molecule has 2 unspecified atom stereocenters. The Morgan fingerprint density at radius 3 is 2.57 bits per heavy atom. The van der Waals surface area contributed by atoms with Crippen molar-refractivity contribution in [2.75, 3.05) is 38.7 Å². The fourth-order valence-corrected chi connectivity index (χ4v) is 2.57. The zero-order valence-electron chi connectivity index (χ0n) is 15.3. The molecule has 0 aromatic heterocycles. The van der Waals surface area contributed by atoms with Crippen LogP contribution in [0.2, 0.25) is 0 Å². The number of benzene rings is 2. The molecule has 2 atom stereocenters. The molecular weight excluding hydrogens is 392 g/mol. The monoisotopic (exact) mass is 415 g/mol. The predicted molar refractivity (Wildman–Crippen MR) is 104 cm³/mol. The van der Waals surface area contributed by atoms with Crippen molar-refractivity contribution in [3.63, 3.8) is 0 Å². The molecule has 0 heterocycles. The molecule has 0 aliphatic heterocycles. The van der Waals surface area contributed by atoms with Gasteiger partial charge in [0.15, 0.2) is 22.5 Å². The summed E-state index contributed by atoms with van der Waals surface area (Å²) in [6.45, 7) is 1.39. The second kappa shape index (κ2) is 11.5. The van der Waals surface area contributed by atoms with Gasteiger partial charge in [0, 0.05) is 25.3 Å². The Kier molecular flexibility index (Phi) is 9.08. The number of aliphatic hydroxyl groups excluding tert-OH is 1. The van der Waals surface area contributed by atoms with Crippen molar-refractivity contribution in [1.29, 1.82) is 0 Å². The Bertz CT molecular complexity index is 830. The smallest absolute Gasteiger partial charge is 0.160 e. The second-order valence-electron chi connectivity index (χ2n) is 5.74. The van der Waals surface area contributed by atoms with E-state index in [9.17, 15) is 18.1 Å². The van der Waals surface area contributed by atoms with Crippen LogP contribution >= 0.6 is 0 Å². The first-order valence-electron chi connectivity index (χ1n) is 8.51. The van der Waals surface area contributed by atoms with Gasteiger partial charge < -0.3 is 20.5 Å². The van der Waals surface area contributed by atoms with Crippen LogP contribution in [0.5, 0.6) is 5.75 Å². The lowest BCUT2D eigenvalue weighted by molar-refractivity contribution is 0.107. The first kappa shape index (κ1) is 22.0. The van der Waals surface area contributed by atoms with E-state index in [4.69, 9.17) is 4.74 Å². The summed E-state index contributed by atoms with van der Waals surface area (Å²) in [5, 5.41) is 15.9. The molecule has 2 aromatic rings. The molecule has 0 saturated carbocycles. The van der Waals surface area contributed by atoms with Crippen molar-refractivity contribution < 1.29 is 27.0 Å². The third-order valence-electron chi connectivity index (χ3n) is 3.56. The first-order valence-corrected chi connectivity index (χ1v) is 9.64. The zero-order chi connectivity index (χ0) is 20.4. The fourth-order valence-electron chi connectivity index (χ4n) is 2.17. The van der Waals surface area contributed by atoms with Crippen molar-refractivity contribution in [3.8, 4) is 5.75 Å². The van der Waals surface area contributed by atoms with Crippen LogP contribution in [0.15, 0.2) is 46.8 Å². The van der Waals surface area contributed by atoms with E-state index in [0.29, 0.717) is 36.8 Å². The van der Waals surface area contributed by atoms with Crippen LogP contribution in [0, 0.1) is 11.6 Å². The number of thiol groups is 1. The van der Waals surface area contributed by atoms with Crippen LogP contribution in [0.1, 0.15) is 0 Å². The molecular formula is C18H23F2N3O4S. The van der Waals surface area contributed by atoms with E-state index in [1.54, 1.807) is 24.3 Å². The van der Waals surface area contributed by atoms with Gasteiger partial charge in [0.25, 0.3) is 0 Å². The Labute approximate surface area is 164 Å². The van der Waals surface area contributed by atoms with E-state index in [1.165, 1.54) is 13.2 Å². The molecule has 0 saturated heterocycles. The Morgan fingerprint density at radius 2 is 1.89 bits per heavy atom. The highest BCUT2D eigenvalue weighted by Gasteiger charge is 2.05. The predicted octanol–water partition coefficient (Wildman–Crippen LogP) is 2.26. The van der Waals surface area contributed by atoms with Crippen LogP contribution < -0.4 is 15.4 Å². The fraction of sp³-hybridized carbons (Fsp3) is 0.333. The SMILES string of the molecule is CO[SH](=O)=Nc1ccc(OCC(O)CNCCNc2ccc(F)c(F)c2)cc1. The van der Waals surface area contributed by atoms with Crippen LogP contribution in [0.3, 0.4) is 0 Å². The third-order valence-corrected chi connectivity index (χ3v) is 4.27. The molecule has 0 aliphatic rings. The molecule has 2 aromatic carbocycles. The number of anilines is 1. The summed E-state index contributed by atoms with van der Waals surface area (Å²) in [5.74, 6) is -1.24. The minimum absolute atomic E-state index is 0.0897. The molecule has 154 valence electrons. The van der Waals surface area contributed by atoms with Crippen molar-refractivity contribution in [1.82, 2.24) is 5.32 Å². The van der Waals surface area contributed by atoms with E-state index in [-0.39, 0.29) is 6.61 Å². The zero-order valence-corrected chi connectivity index (χ0v) is 16.2. The van der Waals surface area contributed by atoms with Crippen molar-refractivity contribution in [2.24, 2.45) is 4.36 Å². The number of nitrogens with one attached hydrogen (secondary N) is 2. The van der Waals surface area contributed by atoms with E-state index in [1.807, 2.05) is 0 Å². The second-order valence-corrected chi connectivity index (χ2v) is 6.78. The van der Waals surface area contributed by atoms with E-state index in [2.05, 4.69) is 19.2 Å². The molecule has 3 N–H and O–H groups in total. The van der Waals surface area contributed by atoms with Gasteiger partial charge in [-0.2, -0.15) is 4.36 Å². The number of hydrogen-bond donors (Lipinski definition) is 4. The highest BCUT2D eigenvalue weighted by atomic mass is 32.2. The molecule has 0 amide bonds. The largest absolute Gasteiger partial charge is 0.491 e. The maximum atomic E-state index is 13.1. The van der Waals surface area contributed by atoms with E-state index < -0.39 is 28.6 Å². The molecule has 10 heteroatoms. The van der Waals surface area contributed by atoms with Gasteiger partial charge in [-0.05, 0) is 42.5 Å². The molecule has 0 fully saturated rings. The Hall–Kier alpha value is -2.27. The average Bonchev–Trinajstić information content (AvgIpc) is 2.69. The highest BCUT2D eigenvalue weighted by Crippen LogP contribution is 2.18. The van der Waals surface area contributed by atoms with Crippen molar-refractivity contribution in [2.45, 2.75) is 6.10 Å². The molecule has 0 radical (unpaired) electrons. The normalized spacial score (nSPS) is 13.3. The lowest BCUT2D eigenvalue weighted by Crippen LogP contribution is -2.34. The maximum Gasteiger partial charge on any atom is 0.160 e. The minimum Gasteiger partial charge on any atom is -0.491 e. The van der Waals surface area contributed by atoms with Gasteiger partial charge in [-0.15, -0.1) is 0 Å². The van der Waals surface area contributed by atoms with Crippen LogP contribution in [-0.2, 0) is 15.1 Å². The Balaban J connectivity index is 1.62. The number of nitrogens with zero attached hydrogens (tertiary/aromatic N) is 1. The molecule has 0 bridgehead atoms. The van der Waals surface area contributed by atoms with E-state index >= 15 is 0 Å². The summed E-state index contributed by atoms with van der Waals surface area (Å²) < 4.78 is 51.0. The standard InChI is InChI=1S/C18H23F2N3O4S/c1-26-28(25)23-13-2-5-16(6-3-13)27-12-15(24)11-21-8-9-22-14-4-7-17(19)18(20)10-14/h2-7,10,15,21-22,24,28H,8-9,11-12H2,1H3. The number of halogens is 2. The Morgan fingerprint density at radius 1 is 1.14 bits per heavy atom. The first-order chi connectivity index (χ1) is 13.5. The topological polar surface area (TPSA) is 92.2 Å². The van der Waals surface area contributed by atoms with Gasteiger partial charge in [-0.3, -0.25) is 4.18 Å². The number of aliphatic hydroxyl groups is 1. The van der Waals surface area contributed by atoms with Crippen molar-refractivity contribution >= 4 is 22.3 Å². The number of rotatable bonds is 11. The quantitative estimate of drug-likeness (QED) is 0.332. The molecule has 0 aliphatic carbocycles. The molecule has 7 nitrogen and oxygen atoms in total. The number of hydrogen-bond acceptors (Lipinski definition) is 7. The summed E-state index contributed by atoms with van der Waals surface area (Å²) in [6.07, 6.45) is -0.726. The maximum absolute atomic E-state index is 13.1. The third kappa shape index (κ3) is 7.77. The summed E-state index contributed by atoms with van der Waals surface area (Å²) in [7, 11) is -0.752. The summed E-state index contributed by atoms with van der Waals surface area (Å²) >= 11 is 0. The van der Waals surface area contributed by atoms with Gasteiger partial charge in [-0.1, -0.05) is 0 Å². The van der Waals surface area contributed by atoms with Crippen LogP contribution in [0.4, 0.5) is 20.2 Å². The van der Waals surface area contributed by atoms with Crippen LogP contribution in [-0.4, -0.2) is 48.8 Å². The molecule has 28 heavy (non-hydrogen) atoms. The van der Waals surface area contributed by atoms with Gasteiger partial charge in [-0.25, -0.2) is 13.0 Å². The average molecular weight is 415 g/mol. The van der Waals surface area contributed by atoms with Crippen LogP contribution in [0.25, 0.3) is 0 Å². The lowest BCUT2D eigenvalue weighted by atomic mass is 10.3. The lowest BCUT2D eigenvalue weighted by Gasteiger charge is -2.14. The van der Waals surface area contributed by atoms with Gasteiger partial charge in [0.2, 0.25) is 0 Å². The summed E-state index contributed by atoms with van der Waals surface area (Å²) in [4.78, 5) is 0. The van der Waals surface area contributed by atoms with Gasteiger partial charge >= 0.3 is 0 Å². The summed E-state index contributed by atoms with van der Waals surface area (Å²) in [6, 6.07) is 10.2. The van der Waals surface area contributed by atoms with Gasteiger partial charge in [0.05, 0.1) is 12.8 Å². The highest BCUT2D eigenvalue weighted by molar-refractivity contribution is 7.69.